The summed E-state index contributed by atoms with van der Waals surface area (Å²) in [6, 6.07) is 9.92. The number of benzene rings is 1. The fraction of sp³-hybridized carbons (Fsp3) is 0.267. The second-order valence-electron chi connectivity index (χ2n) is 4.71. The van der Waals surface area contributed by atoms with Crippen molar-refractivity contribution in [3.63, 3.8) is 0 Å². The molecule has 0 aliphatic carbocycles. The topological polar surface area (TPSA) is 63.8 Å². The highest BCUT2D eigenvalue weighted by Crippen LogP contribution is 2.25. The molecule has 0 aliphatic heterocycles. The summed E-state index contributed by atoms with van der Waals surface area (Å²) in [4.78, 5) is 8.76. The zero-order chi connectivity index (χ0) is 13.9. The van der Waals surface area contributed by atoms with Gasteiger partial charge in [0.1, 0.15) is 6.33 Å². The summed E-state index contributed by atoms with van der Waals surface area (Å²) in [5.74, 6) is 0.738. The zero-order valence-electron chi connectivity index (χ0n) is 11.3. The molecular formula is C15H16N4O. The number of aliphatic hydroxyl groups excluding tert-OH is 1. The molecule has 0 fully saturated rings. The Labute approximate surface area is 116 Å². The Balaban J connectivity index is 2.10. The summed E-state index contributed by atoms with van der Waals surface area (Å²) in [7, 11) is 0. The van der Waals surface area contributed by atoms with E-state index in [9.17, 15) is 5.11 Å². The van der Waals surface area contributed by atoms with Gasteiger partial charge in [0.2, 0.25) is 0 Å². The maximum absolute atomic E-state index is 9.81. The highest BCUT2D eigenvalue weighted by molar-refractivity contribution is 5.91. The quantitative estimate of drug-likeness (QED) is 0.788. The number of aromatic nitrogens is 4. The highest BCUT2D eigenvalue weighted by atomic mass is 16.3. The molecule has 102 valence electrons. The van der Waals surface area contributed by atoms with Gasteiger partial charge in [0.15, 0.2) is 5.82 Å². The number of aliphatic hydroxyl groups is 1. The van der Waals surface area contributed by atoms with Gasteiger partial charge in [0.05, 0.1) is 18.2 Å². The minimum Gasteiger partial charge on any atom is -0.391 e. The van der Waals surface area contributed by atoms with Crippen LogP contribution in [0, 0.1) is 0 Å². The van der Waals surface area contributed by atoms with Gasteiger partial charge in [-0.2, -0.15) is 5.10 Å². The van der Waals surface area contributed by atoms with Crippen molar-refractivity contribution in [1.82, 2.24) is 19.7 Å². The van der Waals surface area contributed by atoms with Gasteiger partial charge < -0.3 is 5.11 Å². The van der Waals surface area contributed by atoms with E-state index < -0.39 is 6.10 Å². The van der Waals surface area contributed by atoms with Gasteiger partial charge in [-0.05, 0) is 18.6 Å². The van der Waals surface area contributed by atoms with Crippen LogP contribution in [0.1, 0.15) is 13.3 Å². The summed E-state index contributed by atoms with van der Waals surface area (Å²) < 4.78 is 1.73. The molecule has 0 amide bonds. The van der Waals surface area contributed by atoms with Crippen LogP contribution in [-0.4, -0.2) is 31.0 Å². The first kappa shape index (κ1) is 12.7. The number of hydrogen-bond acceptors (Lipinski definition) is 4. The van der Waals surface area contributed by atoms with Crippen molar-refractivity contribution in [2.45, 2.75) is 26.0 Å². The normalized spacial score (nSPS) is 12.7. The Bertz CT molecular complexity index is 717. The fourth-order valence-corrected chi connectivity index (χ4v) is 2.22. The lowest BCUT2D eigenvalue weighted by atomic mass is 10.1. The fourth-order valence-electron chi connectivity index (χ4n) is 2.22. The van der Waals surface area contributed by atoms with E-state index in [1.165, 1.54) is 6.33 Å². The van der Waals surface area contributed by atoms with Crippen LogP contribution < -0.4 is 0 Å². The number of nitrogens with zero attached hydrogens (tertiary/aromatic N) is 4. The monoisotopic (exact) mass is 268 g/mol. The standard InChI is InChI=1S/C15H16N4O/c1-2-12(20)9-19-15(17-10-18-19)13-7-3-5-11-6-4-8-16-14(11)13/h3-8,10,12,20H,2,9H2,1H3/t12-/m1/s1. The molecule has 3 rings (SSSR count). The molecule has 0 spiro atoms. The molecular weight excluding hydrogens is 252 g/mol. The molecule has 20 heavy (non-hydrogen) atoms. The van der Waals surface area contributed by atoms with Gasteiger partial charge in [0, 0.05) is 17.1 Å². The average molecular weight is 268 g/mol. The molecule has 0 saturated heterocycles. The van der Waals surface area contributed by atoms with Crippen molar-refractivity contribution < 1.29 is 5.11 Å². The predicted octanol–water partition coefficient (Wildman–Crippen LogP) is 2.26. The Kier molecular flexibility index (Phi) is 3.43. The third-order valence-corrected chi connectivity index (χ3v) is 3.34. The molecule has 0 unspecified atom stereocenters. The van der Waals surface area contributed by atoms with E-state index in [2.05, 4.69) is 15.1 Å². The van der Waals surface area contributed by atoms with Gasteiger partial charge in [0.25, 0.3) is 0 Å². The smallest absolute Gasteiger partial charge is 0.160 e. The van der Waals surface area contributed by atoms with Crippen molar-refractivity contribution in [3.05, 3.63) is 42.9 Å². The maximum atomic E-state index is 9.81. The zero-order valence-corrected chi connectivity index (χ0v) is 11.3. The van der Waals surface area contributed by atoms with E-state index in [1.54, 1.807) is 10.9 Å². The predicted molar refractivity (Wildman–Crippen MR) is 77.1 cm³/mol. The first-order valence-corrected chi connectivity index (χ1v) is 6.69. The van der Waals surface area contributed by atoms with Crippen LogP contribution >= 0.6 is 0 Å². The molecule has 0 aliphatic rings. The lowest BCUT2D eigenvalue weighted by Crippen LogP contribution is -2.16. The van der Waals surface area contributed by atoms with Crippen LogP contribution in [-0.2, 0) is 6.54 Å². The van der Waals surface area contributed by atoms with Crippen LogP contribution in [0.2, 0.25) is 0 Å². The molecule has 1 N–H and O–H groups in total. The Morgan fingerprint density at radius 3 is 2.90 bits per heavy atom. The molecule has 3 aromatic rings. The van der Waals surface area contributed by atoms with Gasteiger partial charge in [-0.25, -0.2) is 9.67 Å². The minimum atomic E-state index is -0.418. The number of para-hydroxylation sites is 1. The molecule has 5 heteroatoms. The lowest BCUT2D eigenvalue weighted by molar-refractivity contribution is 0.146. The summed E-state index contributed by atoms with van der Waals surface area (Å²) in [6.45, 7) is 2.38. The summed E-state index contributed by atoms with van der Waals surface area (Å²) >= 11 is 0. The van der Waals surface area contributed by atoms with E-state index >= 15 is 0 Å². The molecule has 0 saturated carbocycles. The number of fused-ring (bicyclic) bond motifs is 1. The van der Waals surface area contributed by atoms with E-state index in [-0.39, 0.29) is 0 Å². The van der Waals surface area contributed by atoms with Gasteiger partial charge in [-0.15, -0.1) is 0 Å². The Morgan fingerprint density at radius 2 is 2.05 bits per heavy atom. The second-order valence-corrected chi connectivity index (χ2v) is 4.71. The molecule has 0 radical (unpaired) electrons. The van der Waals surface area contributed by atoms with Crippen LogP contribution in [0.5, 0.6) is 0 Å². The van der Waals surface area contributed by atoms with E-state index in [0.717, 1.165) is 22.3 Å². The van der Waals surface area contributed by atoms with Crippen molar-refractivity contribution in [3.8, 4) is 11.4 Å². The molecule has 0 bridgehead atoms. The SMILES string of the molecule is CC[C@@H](O)Cn1ncnc1-c1cccc2cccnc12. The number of rotatable bonds is 4. The average Bonchev–Trinajstić information content (AvgIpc) is 2.94. The van der Waals surface area contributed by atoms with Crippen molar-refractivity contribution in [2.75, 3.05) is 0 Å². The third kappa shape index (κ3) is 2.28. The Hall–Kier alpha value is -2.27. The van der Waals surface area contributed by atoms with Crippen LogP contribution in [0.25, 0.3) is 22.3 Å². The first-order chi connectivity index (χ1) is 9.79. The third-order valence-electron chi connectivity index (χ3n) is 3.34. The van der Waals surface area contributed by atoms with Crippen molar-refractivity contribution >= 4 is 10.9 Å². The lowest BCUT2D eigenvalue weighted by Gasteiger charge is -2.11. The highest BCUT2D eigenvalue weighted by Gasteiger charge is 2.13. The van der Waals surface area contributed by atoms with E-state index in [4.69, 9.17) is 0 Å². The van der Waals surface area contributed by atoms with Gasteiger partial charge in [-0.3, -0.25) is 4.98 Å². The maximum Gasteiger partial charge on any atom is 0.160 e. The molecule has 2 aromatic heterocycles. The van der Waals surface area contributed by atoms with E-state index in [0.29, 0.717) is 13.0 Å². The van der Waals surface area contributed by atoms with Crippen LogP contribution in [0.15, 0.2) is 42.9 Å². The number of pyridine rings is 1. The van der Waals surface area contributed by atoms with Crippen molar-refractivity contribution in [2.24, 2.45) is 0 Å². The second kappa shape index (κ2) is 5.38. The summed E-state index contributed by atoms with van der Waals surface area (Å²) in [5, 5.41) is 15.1. The van der Waals surface area contributed by atoms with Gasteiger partial charge in [-0.1, -0.05) is 25.1 Å². The Morgan fingerprint density at radius 1 is 1.20 bits per heavy atom. The number of hydrogen-bond donors (Lipinski definition) is 1. The summed E-state index contributed by atoms with van der Waals surface area (Å²) in [6.07, 6.45) is 3.55. The molecule has 1 atom stereocenters. The van der Waals surface area contributed by atoms with Crippen molar-refractivity contribution in [1.29, 1.82) is 0 Å². The van der Waals surface area contributed by atoms with E-state index in [1.807, 2.05) is 37.3 Å². The largest absolute Gasteiger partial charge is 0.391 e. The van der Waals surface area contributed by atoms with Crippen LogP contribution in [0.4, 0.5) is 0 Å². The van der Waals surface area contributed by atoms with Gasteiger partial charge >= 0.3 is 0 Å². The first-order valence-electron chi connectivity index (χ1n) is 6.69. The molecule has 5 nitrogen and oxygen atoms in total. The minimum absolute atomic E-state index is 0.418. The molecule has 2 heterocycles. The molecule has 1 aromatic carbocycles. The van der Waals surface area contributed by atoms with Crippen LogP contribution in [0.3, 0.4) is 0 Å². The summed E-state index contributed by atoms with van der Waals surface area (Å²) in [5.41, 5.74) is 1.83.